The van der Waals surface area contributed by atoms with Gasteiger partial charge in [0, 0.05) is 0 Å². The summed E-state index contributed by atoms with van der Waals surface area (Å²) in [7, 11) is 0. The fraction of sp³-hybridized carbons (Fsp3) is 0.381. The molecule has 0 radical (unpaired) electrons. The van der Waals surface area contributed by atoms with Crippen LogP contribution in [0.15, 0.2) is 48.5 Å². The summed E-state index contributed by atoms with van der Waals surface area (Å²) in [6, 6.07) is 16.1. The Morgan fingerprint density at radius 2 is 1.79 bits per heavy atom. The molecule has 1 amide bonds. The number of benzene rings is 2. The average molecular weight is 325 g/mol. The summed E-state index contributed by atoms with van der Waals surface area (Å²) in [6.45, 7) is 8.35. The van der Waals surface area contributed by atoms with Crippen molar-refractivity contribution < 1.29 is 9.53 Å². The first-order valence-electron chi connectivity index (χ1n) is 8.50. The highest BCUT2D eigenvalue weighted by Gasteiger charge is 2.16. The van der Waals surface area contributed by atoms with Crippen molar-refractivity contribution in [3.63, 3.8) is 0 Å². The molecule has 128 valence electrons. The molecule has 1 atom stereocenters. The zero-order valence-corrected chi connectivity index (χ0v) is 15.0. The van der Waals surface area contributed by atoms with Crippen molar-refractivity contribution in [1.29, 1.82) is 0 Å². The van der Waals surface area contributed by atoms with E-state index in [0.717, 1.165) is 28.9 Å². The Labute approximate surface area is 145 Å². The second-order valence-corrected chi connectivity index (χ2v) is 6.72. The molecule has 3 heteroatoms. The Morgan fingerprint density at radius 3 is 2.46 bits per heavy atom. The Kier molecular flexibility index (Phi) is 6.42. The highest BCUT2D eigenvalue weighted by Crippen LogP contribution is 2.22. The molecule has 2 rings (SSSR count). The number of aryl methyl sites for hydroxylation is 2. The van der Waals surface area contributed by atoms with Gasteiger partial charge in [-0.1, -0.05) is 56.3 Å². The average Bonchev–Trinajstić information content (AvgIpc) is 2.55. The third kappa shape index (κ3) is 5.41. The molecule has 2 aromatic carbocycles. The molecular weight excluding hydrogens is 298 g/mol. The lowest BCUT2D eigenvalue weighted by Crippen LogP contribution is -2.33. The van der Waals surface area contributed by atoms with E-state index in [9.17, 15) is 4.79 Å². The van der Waals surface area contributed by atoms with E-state index in [1.807, 2.05) is 50.2 Å². The van der Waals surface area contributed by atoms with Gasteiger partial charge in [-0.05, 0) is 48.9 Å². The summed E-state index contributed by atoms with van der Waals surface area (Å²) in [5.74, 6) is 1.17. The molecule has 1 N–H and O–H groups in total. The molecule has 0 saturated carbocycles. The summed E-state index contributed by atoms with van der Waals surface area (Å²) in [5.41, 5.74) is 3.29. The van der Waals surface area contributed by atoms with Gasteiger partial charge in [0.1, 0.15) is 5.75 Å². The highest BCUT2D eigenvalue weighted by molar-refractivity contribution is 5.78. The van der Waals surface area contributed by atoms with Crippen LogP contribution in [-0.4, -0.2) is 12.5 Å². The van der Waals surface area contributed by atoms with Gasteiger partial charge in [0.2, 0.25) is 0 Å². The molecule has 0 spiro atoms. The summed E-state index contributed by atoms with van der Waals surface area (Å²) in [6.07, 6.45) is 0.902. The largest absolute Gasteiger partial charge is 0.483 e. The quantitative estimate of drug-likeness (QED) is 0.809. The Hall–Kier alpha value is -2.29. The van der Waals surface area contributed by atoms with Gasteiger partial charge >= 0.3 is 0 Å². The smallest absolute Gasteiger partial charge is 0.258 e. The van der Waals surface area contributed by atoms with E-state index < -0.39 is 0 Å². The summed E-state index contributed by atoms with van der Waals surface area (Å²) in [4.78, 5) is 12.3. The predicted octanol–water partition coefficient (Wildman–Crippen LogP) is 4.59. The van der Waals surface area contributed by atoms with Gasteiger partial charge in [0.05, 0.1) is 6.04 Å². The number of carbonyl (C=O) groups is 1. The fourth-order valence-electron chi connectivity index (χ4n) is 2.68. The molecule has 0 unspecified atom stereocenters. The number of carbonyl (C=O) groups excluding carboxylic acids is 1. The van der Waals surface area contributed by atoms with Crippen LogP contribution in [0.25, 0.3) is 0 Å². The third-order valence-corrected chi connectivity index (χ3v) is 3.95. The lowest BCUT2D eigenvalue weighted by Gasteiger charge is -2.21. The number of rotatable bonds is 7. The summed E-state index contributed by atoms with van der Waals surface area (Å²) in [5, 5.41) is 3.11. The third-order valence-electron chi connectivity index (χ3n) is 3.95. The van der Waals surface area contributed by atoms with Gasteiger partial charge in [-0.3, -0.25) is 4.79 Å². The maximum atomic E-state index is 12.3. The molecule has 0 bridgehead atoms. The molecule has 0 aliphatic rings. The molecule has 0 aliphatic carbocycles. The van der Waals surface area contributed by atoms with Crippen molar-refractivity contribution in [3.05, 3.63) is 65.2 Å². The zero-order chi connectivity index (χ0) is 17.5. The van der Waals surface area contributed by atoms with Gasteiger partial charge in [-0.15, -0.1) is 0 Å². The molecule has 24 heavy (non-hydrogen) atoms. The van der Waals surface area contributed by atoms with E-state index in [1.54, 1.807) is 0 Å². The minimum atomic E-state index is -0.0922. The number of amides is 1. The molecule has 0 heterocycles. The van der Waals surface area contributed by atoms with Crippen LogP contribution in [0.1, 0.15) is 43.0 Å². The fourth-order valence-corrected chi connectivity index (χ4v) is 2.68. The number of hydrogen-bond donors (Lipinski definition) is 1. The minimum Gasteiger partial charge on any atom is -0.483 e. The lowest BCUT2D eigenvalue weighted by atomic mass is 9.97. The van der Waals surface area contributed by atoms with Crippen LogP contribution in [0, 0.1) is 19.8 Å². The second kappa shape index (κ2) is 8.53. The van der Waals surface area contributed by atoms with E-state index >= 15 is 0 Å². The standard InChI is InChI=1S/C21H27NO2/c1-15(2)12-19(18-8-6-5-7-9-18)22-21(23)14-24-20-13-16(3)10-11-17(20)4/h5-11,13,15,19H,12,14H2,1-4H3,(H,22,23)/t19-/m0/s1. The lowest BCUT2D eigenvalue weighted by molar-refractivity contribution is -0.124. The second-order valence-electron chi connectivity index (χ2n) is 6.72. The van der Waals surface area contributed by atoms with E-state index in [-0.39, 0.29) is 18.6 Å². The molecule has 0 saturated heterocycles. The number of ether oxygens (including phenoxy) is 1. The highest BCUT2D eigenvalue weighted by atomic mass is 16.5. The normalized spacial score (nSPS) is 12.0. The Bertz CT molecular complexity index is 665. The first-order valence-corrected chi connectivity index (χ1v) is 8.50. The van der Waals surface area contributed by atoms with Crippen molar-refractivity contribution >= 4 is 5.91 Å². The van der Waals surface area contributed by atoms with E-state index in [2.05, 4.69) is 31.3 Å². The summed E-state index contributed by atoms with van der Waals surface area (Å²) < 4.78 is 5.71. The molecular formula is C21H27NO2. The topological polar surface area (TPSA) is 38.3 Å². The maximum absolute atomic E-state index is 12.3. The van der Waals surface area contributed by atoms with E-state index in [1.165, 1.54) is 0 Å². The number of hydrogen-bond acceptors (Lipinski definition) is 2. The Morgan fingerprint density at radius 1 is 1.08 bits per heavy atom. The predicted molar refractivity (Wildman–Crippen MR) is 98.2 cm³/mol. The van der Waals surface area contributed by atoms with Crippen molar-refractivity contribution in [3.8, 4) is 5.75 Å². The van der Waals surface area contributed by atoms with Crippen LogP contribution < -0.4 is 10.1 Å². The SMILES string of the molecule is Cc1ccc(C)c(OCC(=O)N[C@@H](CC(C)C)c2ccccc2)c1. The molecule has 3 nitrogen and oxygen atoms in total. The van der Waals surface area contributed by atoms with Crippen LogP contribution in [0.4, 0.5) is 0 Å². The van der Waals surface area contributed by atoms with Crippen LogP contribution in [0.2, 0.25) is 0 Å². The van der Waals surface area contributed by atoms with Gasteiger partial charge in [0.25, 0.3) is 5.91 Å². The molecule has 2 aromatic rings. The van der Waals surface area contributed by atoms with Crippen LogP contribution in [0.5, 0.6) is 5.75 Å². The van der Waals surface area contributed by atoms with Gasteiger partial charge in [-0.25, -0.2) is 0 Å². The molecule has 0 fully saturated rings. The van der Waals surface area contributed by atoms with Gasteiger partial charge < -0.3 is 10.1 Å². The van der Waals surface area contributed by atoms with E-state index in [0.29, 0.717) is 5.92 Å². The first kappa shape index (κ1) is 18.1. The summed E-state index contributed by atoms with van der Waals surface area (Å²) >= 11 is 0. The van der Waals surface area contributed by atoms with Crippen LogP contribution >= 0.6 is 0 Å². The molecule has 0 aliphatic heterocycles. The maximum Gasteiger partial charge on any atom is 0.258 e. The van der Waals surface area contributed by atoms with Crippen LogP contribution in [0.3, 0.4) is 0 Å². The van der Waals surface area contributed by atoms with E-state index in [4.69, 9.17) is 4.74 Å². The van der Waals surface area contributed by atoms with Gasteiger partial charge in [0.15, 0.2) is 6.61 Å². The first-order chi connectivity index (χ1) is 11.5. The minimum absolute atomic E-state index is 0.0147. The zero-order valence-electron chi connectivity index (χ0n) is 15.0. The number of nitrogens with one attached hydrogen (secondary N) is 1. The van der Waals surface area contributed by atoms with Crippen molar-refractivity contribution in [2.75, 3.05) is 6.61 Å². The van der Waals surface area contributed by atoms with Gasteiger partial charge in [-0.2, -0.15) is 0 Å². The van der Waals surface area contributed by atoms with Crippen molar-refractivity contribution in [1.82, 2.24) is 5.32 Å². The monoisotopic (exact) mass is 325 g/mol. The molecule has 0 aromatic heterocycles. The van der Waals surface area contributed by atoms with Crippen molar-refractivity contribution in [2.45, 2.75) is 40.2 Å². The van der Waals surface area contributed by atoms with Crippen LogP contribution in [-0.2, 0) is 4.79 Å². The van der Waals surface area contributed by atoms with Crippen molar-refractivity contribution in [2.24, 2.45) is 5.92 Å². The Balaban J connectivity index is 1.99.